The minimum absolute atomic E-state index is 0.0879. The van der Waals surface area contributed by atoms with Crippen LogP contribution in [0.5, 0.6) is 0 Å². The van der Waals surface area contributed by atoms with Gasteiger partial charge in [-0.25, -0.2) is 4.39 Å². The number of halogens is 1. The molecule has 0 radical (unpaired) electrons. The first-order valence-corrected chi connectivity index (χ1v) is 6.51. The van der Waals surface area contributed by atoms with E-state index in [1.54, 1.807) is 6.07 Å². The van der Waals surface area contributed by atoms with E-state index in [0.29, 0.717) is 6.54 Å². The summed E-state index contributed by atoms with van der Waals surface area (Å²) in [5.41, 5.74) is 1.83. The fraction of sp³-hybridized carbons (Fsp3) is 0.571. The molecular weight excluding hydrogens is 231 g/mol. The molecule has 0 atom stereocenters. The van der Waals surface area contributed by atoms with E-state index in [1.165, 1.54) is 0 Å². The highest BCUT2D eigenvalue weighted by molar-refractivity contribution is 5.24. The molecule has 4 heteroatoms. The fourth-order valence-corrected chi connectivity index (χ4v) is 2.14. The summed E-state index contributed by atoms with van der Waals surface area (Å²) < 4.78 is 19.2. The van der Waals surface area contributed by atoms with E-state index >= 15 is 0 Å². The number of nitrogens with one attached hydrogen (secondary N) is 1. The van der Waals surface area contributed by atoms with Crippen molar-refractivity contribution in [1.29, 1.82) is 0 Å². The van der Waals surface area contributed by atoms with Gasteiger partial charge in [0.15, 0.2) is 0 Å². The summed E-state index contributed by atoms with van der Waals surface area (Å²) in [6.07, 6.45) is 0.866. The van der Waals surface area contributed by atoms with Crippen molar-refractivity contribution in [1.82, 2.24) is 10.2 Å². The standard InChI is InChI=1S/C14H21FN2O/c1-16-5-4-12-2-3-13(14(15)10-12)11-17-6-8-18-9-7-17/h2-3,10,16H,4-9,11H2,1H3. The van der Waals surface area contributed by atoms with Crippen LogP contribution in [-0.2, 0) is 17.7 Å². The Balaban J connectivity index is 1.95. The molecular formula is C14H21FN2O. The van der Waals surface area contributed by atoms with Crippen LogP contribution in [0.25, 0.3) is 0 Å². The van der Waals surface area contributed by atoms with E-state index in [9.17, 15) is 4.39 Å². The second-order valence-electron chi connectivity index (χ2n) is 4.67. The molecule has 0 unspecified atom stereocenters. The summed E-state index contributed by atoms with van der Waals surface area (Å²) in [5.74, 6) is -0.0879. The number of ether oxygens (including phenoxy) is 1. The lowest BCUT2D eigenvalue weighted by atomic mass is 10.1. The van der Waals surface area contributed by atoms with Crippen LogP contribution in [-0.4, -0.2) is 44.8 Å². The van der Waals surface area contributed by atoms with Gasteiger partial charge in [-0.15, -0.1) is 0 Å². The predicted molar refractivity (Wildman–Crippen MR) is 70.1 cm³/mol. The number of benzene rings is 1. The Morgan fingerprint density at radius 2 is 2.11 bits per heavy atom. The molecule has 2 rings (SSSR count). The van der Waals surface area contributed by atoms with Crippen LogP contribution < -0.4 is 5.32 Å². The lowest BCUT2D eigenvalue weighted by Gasteiger charge is -2.26. The topological polar surface area (TPSA) is 24.5 Å². The van der Waals surface area contributed by atoms with Crippen molar-refractivity contribution < 1.29 is 9.13 Å². The zero-order valence-electron chi connectivity index (χ0n) is 10.9. The number of hydrogen-bond acceptors (Lipinski definition) is 3. The first kappa shape index (κ1) is 13.5. The molecule has 1 aliphatic rings. The number of morpholine rings is 1. The van der Waals surface area contributed by atoms with Gasteiger partial charge < -0.3 is 10.1 Å². The van der Waals surface area contributed by atoms with Gasteiger partial charge in [0.05, 0.1) is 13.2 Å². The molecule has 0 aromatic heterocycles. The van der Waals surface area contributed by atoms with Gasteiger partial charge in [0, 0.05) is 25.2 Å². The molecule has 18 heavy (non-hydrogen) atoms. The number of rotatable bonds is 5. The molecule has 1 saturated heterocycles. The SMILES string of the molecule is CNCCc1ccc(CN2CCOCC2)c(F)c1. The summed E-state index contributed by atoms with van der Waals surface area (Å²) in [5, 5.41) is 3.07. The van der Waals surface area contributed by atoms with Crippen molar-refractivity contribution in [2.75, 3.05) is 39.9 Å². The monoisotopic (exact) mass is 252 g/mol. The summed E-state index contributed by atoms with van der Waals surface area (Å²) in [7, 11) is 1.91. The lowest BCUT2D eigenvalue weighted by Crippen LogP contribution is -2.35. The first-order valence-electron chi connectivity index (χ1n) is 6.51. The zero-order valence-corrected chi connectivity index (χ0v) is 10.9. The molecule has 3 nitrogen and oxygen atoms in total. The maximum absolute atomic E-state index is 14.0. The Labute approximate surface area is 108 Å². The summed E-state index contributed by atoms with van der Waals surface area (Å²) in [6, 6.07) is 5.60. The summed E-state index contributed by atoms with van der Waals surface area (Å²) in [6.45, 7) is 4.84. The third-order valence-corrected chi connectivity index (χ3v) is 3.28. The van der Waals surface area contributed by atoms with Crippen molar-refractivity contribution in [2.24, 2.45) is 0 Å². The van der Waals surface area contributed by atoms with Crippen LogP contribution in [0.15, 0.2) is 18.2 Å². The maximum atomic E-state index is 14.0. The molecule has 1 aromatic carbocycles. The van der Waals surface area contributed by atoms with Gasteiger partial charge in [-0.1, -0.05) is 12.1 Å². The van der Waals surface area contributed by atoms with Gasteiger partial charge >= 0.3 is 0 Å². The molecule has 100 valence electrons. The highest BCUT2D eigenvalue weighted by Crippen LogP contribution is 2.14. The molecule has 0 amide bonds. The summed E-state index contributed by atoms with van der Waals surface area (Å²) >= 11 is 0. The van der Waals surface area contributed by atoms with Crippen LogP contribution in [0.4, 0.5) is 4.39 Å². The van der Waals surface area contributed by atoms with E-state index in [-0.39, 0.29) is 5.82 Å². The Kier molecular flexibility index (Phi) is 5.11. The van der Waals surface area contributed by atoms with Gasteiger partial charge in [0.1, 0.15) is 5.82 Å². The molecule has 1 aromatic rings. The number of hydrogen-bond donors (Lipinski definition) is 1. The Hall–Kier alpha value is -0.970. The molecule has 1 fully saturated rings. The largest absolute Gasteiger partial charge is 0.379 e. The van der Waals surface area contributed by atoms with E-state index in [4.69, 9.17) is 4.74 Å². The van der Waals surface area contributed by atoms with E-state index in [0.717, 1.165) is 50.4 Å². The maximum Gasteiger partial charge on any atom is 0.127 e. The Morgan fingerprint density at radius 3 is 2.78 bits per heavy atom. The highest BCUT2D eigenvalue weighted by atomic mass is 19.1. The highest BCUT2D eigenvalue weighted by Gasteiger charge is 2.13. The van der Waals surface area contributed by atoms with Crippen molar-refractivity contribution in [2.45, 2.75) is 13.0 Å². The van der Waals surface area contributed by atoms with Crippen molar-refractivity contribution >= 4 is 0 Å². The van der Waals surface area contributed by atoms with Crippen molar-refractivity contribution in [3.8, 4) is 0 Å². The quantitative estimate of drug-likeness (QED) is 0.858. The number of likely N-dealkylation sites (N-methyl/N-ethyl adjacent to an activating group) is 1. The van der Waals surface area contributed by atoms with Crippen LogP contribution in [0.1, 0.15) is 11.1 Å². The molecule has 1 N–H and O–H groups in total. The van der Waals surface area contributed by atoms with Crippen LogP contribution >= 0.6 is 0 Å². The van der Waals surface area contributed by atoms with Crippen LogP contribution in [0, 0.1) is 5.82 Å². The molecule has 0 spiro atoms. The average molecular weight is 252 g/mol. The molecule has 0 saturated carbocycles. The second kappa shape index (κ2) is 6.83. The third-order valence-electron chi connectivity index (χ3n) is 3.28. The van der Waals surface area contributed by atoms with Crippen LogP contribution in [0.2, 0.25) is 0 Å². The molecule has 1 heterocycles. The normalized spacial score (nSPS) is 17.0. The first-order chi connectivity index (χ1) is 8.79. The smallest absolute Gasteiger partial charge is 0.127 e. The minimum atomic E-state index is -0.0879. The Bertz CT molecular complexity index is 378. The zero-order chi connectivity index (χ0) is 12.8. The minimum Gasteiger partial charge on any atom is -0.379 e. The Morgan fingerprint density at radius 1 is 1.33 bits per heavy atom. The summed E-state index contributed by atoms with van der Waals surface area (Å²) in [4.78, 5) is 2.23. The second-order valence-corrected chi connectivity index (χ2v) is 4.67. The van der Waals surface area contributed by atoms with Gasteiger partial charge in [0.2, 0.25) is 0 Å². The van der Waals surface area contributed by atoms with Gasteiger partial charge in [-0.2, -0.15) is 0 Å². The lowest BCUT2D eigenvalue weighted by molar-refractivity contribution is 0.0337. The van der Waals surface area contributed by atoms with Crippen molar-refractivity contribution in [3.63, 3.8) is 0 Å². The average Bonchev–Trinajstić information content (AvgIpc) is 2.40. The van der Waals surface area contributed by atoms with E-state index < -0.39 is 0 Å². The predicted octanol–water partition coefficient (Wildman–Crippen LogP) is 1.42. The van der Waals surface area contributed by atoms with Crippen LogP contribution in [0.3, 0.4) is 0 Å². The van der Waals surface area contributed by atoms with Gasteiger partial charge in [0.25, 0.3) is 0 Å². The fourth-order valence-electron chi connectivity index (χ4n) is 2.14. The van der Waals surface area contributed by atoms with Gasteiger partial charge in [-0.05, 0) is 31.6 Å². The van der Waals surface area contributed by atoms with E-state index in [2.05, 4.69) is 10.2 Å². The van der Waals surface area contributed by atoms with E-state index in [1.807, 2.05) is 19.2 Å². The molecule has 1 aliphatic heterocycles. The molecule has 0 aliphatic carbocycles. The van der Waals surface area contributed by atoms with Crippen molar-refractivity contribution in [3.05, 3.63) is 35.1 Å². The molecule has 0 bridgehead atoms. The van der Waals surface area contributed by atoms with Gasteiger partial charge in [-0.3, -0.25) is 4.90 Å². The number of nitrogens with zero attached hydrogens (tertiary/aromatic N) is 1. The third kappa shape index (κ3) is 3.77.